The van der Waals surface area contributed by atoms with Crippen molar-refractivity contribution < 1.29 is 27.9 Å². The first-order valence-electron chi connectivity index (χ1n) is 10.0. The number of rotatable bonds is 11. The largest absolute Gasteiger partial charge is 0.395 e. The molecule has 0 bridgehead atoms. The van der Waals surface area contributed by atoms with Crippen LogP contribution in [0.1, 0.15) is 46.2 Å². The Morgan fingerprint density at radius 3 is 2.47 bits per heavy atom. The van der Waals surface area contributed by atoms with Gasteiger partial charge in [-0.1, -0.05) is 19.1 Å². The highest BCUT2D eigenvalue weighted by atomic mass is 32.2. The molecule has 172 valence electrons. The second-order valence-electron chi connectivity index (χ2n) is 6.84. The van der Waals surface area contributed by atoms with Gasteiger partial charge in [-0.2, -0.15) is 0 Å². The number of pyridine rings is 1. The molecule has 1 heterocycles. The number of nitrogens with one attached hydrogen (secondary N) is 3. The number of aromatic nitrogens is 1. The molecule has 2 aromatic rings. The lowest BCUT2D eigenvalue weighted by molar-refractivity contribution is -0.121. The number of hydrogen-bond donors (Lipinski definition) is 4. The highest BCUT2D eigenvalue weighted by Gasteiger charge is 2.20. The normalized spacial score (nSPS) is 10.9. The fraction of sp³-hybridized carbons (Fsp3) is 0.333. The van der Waals surface area contributed by atoms with Crippen LogP contribution in [0.15, 0.2) is 47.5 Å². The van der Waals surface area contributed by atoms with Crippen molar-refractivity contribution in [2.45, 2.75) is 31.1 Å². The van der Waals surface area contributed by atoms with Gasteiger partial charge in [-0.25, -0.2) is 13.1 Å². The number of benzene rings is 1. The molecule has 0 aliphatic carbocycles. The SMILES string of the molecule is CCCC(=O)NCCc1cccc(S(=O)(=O)NC(=O)c2ccc(C(=O)NCCO)nc2)c1. The van der Waals surface area contributed by atoms with Crippen LogP contribution in [0, 0.1) is 0 Å². The number of nitrogens with zero attached hydrogens (tertiary/aromatic N) is 1. The molecule has 1 aromatic heterocycles. The van der Waals surface area contributed by atoms with Crippen LogP contribution in [0.2, 0.25) is 0 Å². The monoisotopic (exact) mass is 462 g/mol. The maximum absolute atomic E-state index is 12.6. The van der Waals surface area contributed by atoms with E-state index in [2.05, 4.69) is 15.6 Å². The van der Waals surface area contributed by atoms with Crippen molar-refractivity contribution in [1.29, 1.82) is 0 Å². The Morgan fingerprint density at radius 1 is 1.03 bits per heavy atom. The Morgan fingerprint density at radius 2 is 1.81 bits per heavy atom. The number of aliphatic hydroxyl groups excluding tert-OH is 1. The van der Waals surface area contributed by atoms with E-state index in [1.165, 1.54) is 24.3 Å². The Bertz CT molecular complexity index is 1050. The van der Waals surface area contributed by atoms with Crippen molar-refractivity contribution >= 4 is 27.7 Å². The summed E-state index contributed by atoms with van der Waals surface area (Å²) in [4.78, 5) is 39.4. The predicted molar refractivity (Wildman–Crippen MR) is 116 cm³/mol. The van der Waals surface area contributed by atoms with Gasteiger partial charge in [-0.3, -0.25) is 19.4 Å². The third kappa shape index (κ3) is 7.43. The van der Waals surface area contributed by atoms with Crippen LogP contribution in [-0.2, 0) is 21.2 Å². The highest BCUT2D eigenvalue weighted by molar-refractivity contribution is 7.90. The first-order chi connectivity index (χ1) is 15.3. The van der Waals surface area contributed by atoms with Crippen LogP contribution < -0.4 is 15.4 Å². The summed E-state index contributed by atoms with van der Waals surface area (Å²) >= 11 is 0. The average Bonchev–Trinajstić information content (AvgIpc) is 2.77. The van der Waals surface area contributed by atoms with E-state index < -0.39 is 21.8 Å². The number of amides is 3. The van der Waals surface area contributed by atoms with E-state index in [4.69, 9.17) is 5.11 Å². The number of sulfonamides is 1. The fourth-order valence-electron chi connectivity index (χ4n) is 2.69. The topological polar surface area (TPSA) is 155 Å². The quantitative estimate of drug-likeness (QED) is 0.376. The van der Waals surface area contributed by atoms with Crippen molar-refractivity contribution in [3.8, 4) is 0 Å². The molecule has 3 amide bonds. The molecule has 0 radical (unpaired) electrons. The van der Waals surface area contributed by atoms with Crippen LogP contribution >= 0.6 is 0 Å². The minimum absolute atomic E-state index is 0.0246. The molecule has 0 fully saturated rings. The highest BCUT2D eigenvalue weighted by Crippen LogP contribution is 2.13. The molecule has 0 atom stereocenters. The summed E-state index contributed by atoms with van der Waals surface area (Å²) in [5, 5.41) is 13.9. The van der Waals surface area contributed by atoms with E-state index in [1.54, 1.807) is 12.1 Å². The molecule has 0 unspecified atom stereocenters. The molecule has 4 N–H and O–H groups in total. The lowest BCUT2D eigenvalue weighted by Crippen LogP contribution is -2.31. The molecule has 2 rings (SSSR count). The molecule has 1 aromatic carbocycles. The number of carbonyl (C=O) groups is 3. The molecule has 0 spiro atoms. The van der Waals surface area contributed by atoms with Crippen LogP contribution in [0.4, 0.5) is 0 Å². The van der Waals surface area contributed by atoms with Gasteiger partial charge in [0.25, 0.3) is 21.8 Å². The van der Waals surface area contributed by atoms with Crippen molar-refractivity contribution in [2.75, 3.05) is 19.7 Å². The molecule has 0 aliphatic heterocycles. The van der Waals surface area contributed by atoms with Gasteiger partial charge in [0, 0.05) is 25.7 Å². The lowest BCUT2D eigenvalue weighted by Gasteiger charge is -2.09. The minimum atomic E-state index is -4.14. The summed E-state index contributed by atoms with van der Waals surface area (Å²) in [6.07, 6.45) is 2.71. The maximum Gasteiger partial charge on any atom is 0.269 e. The molecule has 11 heteroatoms. The van der Waals surface area contributed by atoms with Gasteiger partial charge in [0.15, 0.2) is 0 Å². The Labute approximate surface area is 186 Å². The zero-order valence-electron chi connectivity index (χ0n) is 17.6. The number of aliphatic hydroxyl groups is 1. The van der Waals surface area contributed by atoms with Gasteiger partial charge in [0.2, 0.25) is 5.91 Å². The van der Waals surface area contributed by atoms with E-state index in [1.807, 2.05) is 11.6 Å². The molecular formula is C21H26N4O6S. The first kappa shape index (κ1) is 25.0. The van der Waals surface area contributed by atoms with Crippen LogP contribution in [-0.4, -0.2) is 55.9 Å². The Kier molecular flexibility index (Phi) is 9.29. The Balaban J connectivity index is 2.02. The Hall–Kier alpha value is -3.31. The number of hydrogen-bond acceptors (Lipinski definition) is 7. The van der Waals surface area contributed by atoms with Gasteiger partial charge < -0.3 is 15.7 Å². The molecular weight excluding hydrogens is 436 g/mol. The van der Waals surface area contributed by atoms with E-state index in [0.717, 1.165) is 12.6 Å². The maximum atomic E-state index is 12.6. The van der Waals surface area contributed by atoms with Crippen molar-refractivity contribution in [1.82, 2.24) is 20.3 Å². The molecule has 32 heavy (non-hydrogen) atoms. The fourth-order valence-corrected chi connectivity index (χ4v) is 3.74. The smallest absolute Gasteiger partial charge is 0.269 e. The minimum Gasteiger partial charge on any atom is -0.395 e. The van der Waals surface area contributed by atoms with Gasteiger partial charge in [-0.15, -0.1) is 0 Å². The third-order valence-corrected chi connectivity index (χ3v) is 5.63. The summed E-state index contributed by atoms with van der Waals surface area (Å²) < 4.78 is 27.2. The molecule has 0 aliphatic rings. The van der Waals surface area contributed by atoms with E-state index in [-0.39, 0.29) is 35.2 Å². The van der Waals surface area contributed by atoms with Crippen molar-refractivity contribution in [3.05, 3.63) is 59.4 Å². The van der Waals surface area contributed by atoms with Gasteiger partial charge in [-0.05, 0) is 42.7 Å². The zero-order valence-corrected chi connectivity index (χ0v) is 18.4. The first-order valence-corrected chi connectivity index (χ1v) is 11.5. The summed E-state index contributed by atoms with van der Waals surface area (Å²) in [6, 6.07) is 8.65. The lowest BCUT2D eigenvalue weighted by atomic mass is 10.1. The van der Waals surface area contributed by atoms with Crippen molar-refractivity contribution in [2.24, 2.45) is 0 Å². The summed E-state index contributed by atoms with van der Waals surface area (Å²) in [6.45, 7) is 2.12. The molecule has 0 saturated carbocycles. The van der Waals surface area contributed by atoms with E-state index in [0.29, 0.717) is 24.9 Å². The van der Waals surface area contributed by atoms with Gasteiger partial charge in [0.1, 0.15) is 5.69 Å². The van der Waals surface area contributed by atoms with E-state index in [9.17, 15) is 22.8 Å². The third-order valence-electron chi connectivity index (χ3n) is 4.30. The van der Waals surface area contributed by atoms with Crippen LogP contribution in [0.5, 0.6) is 0 Å². The summed E-state index contributed by atoms with van der Waals surface area (Å²) in [5.74, 6) is -1.48. The predicted octanol–water partition coefficient (Wildman–Crippen LogP) is 0.381. The second kappa shape index (κ2) is 11.9. The molecule has 10 nitrogen and oxygen atoms in total. The van der Waals surface area contributed by atoms with Crippen LogP contribution in [0.3, 0.4) is 0 Å². The van der Waals surface area contributed by atoms with Gasteiger partial charge in [0.05, 0.1) is 17.1 Å². The number of carbonyl (C=O) groups excluding carboxylic acids is 3. The second-order valence-corrected chi connectivity index (χ2v) is 8.53. The molecule has 0 saturated heterocycles. The summed E-state index contributed by atoms with van der Waals surface area (Å²) in [5.41, 5.74) is 0.677. The standard InChI is InChI=1S/C21H26N4O6S/c1-2-4-19(27)22-10-9-15-5-3-6-17(13-15)32(30,31)25-20(28)16-7-8-18(24-14-16)21(29)23-11-12-26/h3,5-8,13-14,26H,2,4,9-12H2,1H3,(H,22,27)(H,23,29)(H,25,28). The average molecular weight is 463 g/mol. The van der Waals surface area contributed by atoms with Crippen molar-refractivity contribution in [3.63, 3.8) is 0 Å². The van der Waals surface area contributed by atoms with Gasteiger partial charge >= 0.3 is 0 Å². The zero-order chi connectivity index (χ0) is 23.6. The van der Waals surface area contributed by atoms with Crippen LogP contribution in [0.25, 0.3) is 0 Å². The summed E-state index contributed by atoms with van der Waals surface area (Å²) in [7, 11) is -4.14. The van der Waals surface area contributed by atoms with E-state index >= 15 is 0 Å².